The summed E-state index contributed by atoms with van der Waals surface area (Å²) >= 11 is 0. The fourth-order valence-electron chi connectivity index (χ4n) is 9.75. The van der Waals surface area contributed by atoms with Gasteiger partial charge in [0, 0.05) is 6.42 Å². The van der Waals surface area contributed by atoms with Gasteiger partial charge in [0.15, 0.2) is 6.04 Å². The molecule has 0 aromatic heterocycles. The lowest BCUT2D eigenvalue weighted by atomic mass is 10.0. The number of rotatable bonds is 51. The van der Waals surface area contributed by atoms with Crippen LogP contribution in [-0.4, -0.2) is 54.8 Å². The Hall–Kier alpha value is -1.36. The first-order valence-corrected chi connectivity index (χ1v) is 28.8. The van der Waals surface area contributed by atoms with Crippen molar-refractivity contribution in [3.63, 3.8) is 0 Å². The molecule has 0 saturated carbocycles. The van der Waals surface area contributed by atoms with Crippen molar-refractivity contribution in [2.75, 3.05) is 26.2 Å². The van der Waals surface area contributed by atoms with Gasteiger partial charge in [-0.25, -0.2) is 4.79 Å². The monoisotopic (exact) mass is 889 g/mol. The highest BCUT2D eigenvalue weighted by molar-refractivity contribution is 5.76. The molecular weight excluding hydrogens is 775 g/mol. The maximum Gasteiger partial charge on any atom is 0.364 e. The second-order valence-electron chi connectivity index (χ2n) is 19.8. The van der Waals surface area contributed by atoms with Crippen molar-refractivity contribution in [1.82, 2.24) is 0 Å². The predicted octanol–water partition coefficient (Wildman–Crippen LogP) is 18.7. The van der Waals surface area contributed by atoms with Gasteiger partial charge in [-0.3, -0.25) is 4.79 Å². The van der Waals surface area contributed by atoms with Crippen LogP contribution in [0.25, 0.3) is 0 Å². The molecule has 0 heterocycles. The summed E-state index contributed by atoms with van der Waals surface area (Å²) in [5.74, 6) is -0.240. The molecule has 0 aliphatic carbocycles. The molecule has 0 aromatic rings. The van der Waals surface area contributed by atoms with Gasteiger partial charge in [0.05, 0.1) is 32.7 Å². The number of carbonyl (C=O) groups excluding carboxylic acids is 2. The summed E-state index contributed by atoms with van der Waals surface area (Å²) in [5.41, 5.74) is 0. The van der Waals surface area contributed by atoms with Crippen LogP contribution in [0.4, 0.5) is 0 Å². The Morgan fingerprint density at radius 1 is 0.397 bits per heavy atom. The van der Waals surface area contributed by atoms with Gasteiger partial charge < -0.3 is 14.0 Å². The Morgan fingerprint density at radius 3 is 1.06 bits per heavy atom. The smallest absolute Gasteiger partial charge is 0.364 e. The Kier molecular flexibility index (Phi) is 47.5. The maximum atomic E-state index is 13.7. The lowest BCUT2D eigenvalue weighted by Gasteiger charge is -2.41. The molecule has 0 aliphatic rings. The van der Waals surface area contributed by atoms with E-state index in [-0.39, 0.29) is 24.1 Å². The minimum absolute atomic E-state index is 0.00304. The number of esters is 2. The van der Waals surface area contributed by atoms with Crippen molar-refractivity contribution in [1.29, 1.82) is 0 Å². The molecule has 1 unspecified atom stereocenters. The van der Waals surface area contributed by atoms with Crippen molar-refractivity contribution >= 4 is 11.9 Å². The molecular formula is C58H114NO4+. The summed E-state index contributed by atoms with van der Waals surface area (Å²) in [6.07, 6.45) is 57.4. The van der Waals surface area contributed by atoms with Crippen LogP contribution in [0.15, 0.2) is 12.2 Å². The quantitative estimate of drug-likeness (QED) is 0.0264. The first-order chi connectivity index (χ1) is 30.9. The van der Waals surface area contributed by atoms with Gasteiger partial charge in [0.2, 0.25) is 0 Å². The molecule has 0 bridgehead atoms. The topological polar surface area (TPSA) is 52.6 Å². The number of allylic oxidation sites excluding steroid dienone is 2. The van der Waals surface area contributed by atoms with Gasteiger partial charge in [-0.15, -0.1) is 0 Å². The van der Waals surface area contributed by atoms with Crippen molar-refractivity contribution in [3.05, 3.63) is 12.2 Å². The number of nitrogens with zero attached hydrogens (tertiary/aromatic N) is 1. The Balaban J connectivity index is 4.82. The number of ether oxygens (including phenoxy) is 2. The van der Waals surface area contributed by atoms with Gasteiger partial charge in [0.25, 0.3) is 0 Å². The van der Waals surface area contributed by atoms with E-state index in [0.717, 1.165) is 58.2 Å². The predicted molar refractivity (Wildman–Crippen MR) is 277 cm³/mol. The first-order valence-electron chi connectivity index (χ1n) is 28.8. The normalized spacial score (nSPS) is 12.5. The molecule has 0 N–H and O–H groups in total. The molecule has 0 aromatic carbocycles. The van der Waals surface area contributed by atoms with E-state index in [4.69, 9.17) is 9.47 Å². The highest BCUT2D eigenvalue weighted by atomic mass is 16.5. The minimum Gasteiger partial charge on any atom is -0.462 e. The Labute approximate surface area is 395 Å². The molecule has 1 atom stereocenters. The van der Waals surface area contributed by atoms with E-state index in [1.807, 2.05) is 0 Å². The standard InChI is InChI=1S/C58H114NO4/c1-7-13-16-19-22-25-28-31-32-33-34-37-40-43-46-49-54-62-58(61)56(59(10-4,11-5)12-6)52-53-57(60)63-55(50-47-44-41-38-35-29-26-23-20-17-14-8-2)51-48-45-42-39-36-30-27-24-21-18-15-9-3/h31-32,55-56H,7-30,33-54H2,1-6H3/q+1/b32-31-. The number of hydrogen-bond donors (Lipinski definition) is 0. The van der Waals surface area contributed by atoms with Crippen molar-refractivity contribution in [2.45, 2.75) is 323 Å². The lowest BCUT2D eigenvalue weighted by molar-refractivity contribution is -0.939. The second kappa shape index (κ2) is 48.6. The molecule has 0 saturated heterocycles. The summed E-state index contributed by atoms with van der Waals surface area (Å²) in [5, 5.41) is 0. The third-order valence-corrected chi connectivity index (χ3v) is 14.4. The summed E-state index contributed by atoms with van der Waals surface area (Å²) in [7, 11) is 0. The highest BCUT2D eigenvalue weighted by Gasteiger charge is 2.40. The summed E-state index contributed by atoms with van der Waals surface area (Å²) in [4.78, 5) is 27.3. The first kappa shape index (κ1) is 61.6. The van der Waals surface area contributed by atoms with Crippen LogP contribution in [0, 0.1) is 0 Å². The molecule has 0 amide bonds. The van der Waals surface area contributed by atoms with E-state index in [1.54, 1.807) is 0 Å². The number of quaternary nitrogens is 1. The Morgan fingerprint density at radius 2 is 0.714 bits per heavy atom. The largest absolute Gasteiger partial charge is 0.462 e. The average Bonchev–Trinajstić information content (AvgIpc) is 3.29. The number of hydrogen-bond acceptors (Lipinski definition) is 4. The van der Waals surface area contributed by atoms with Crippen LogP contribution in [0.2, 0.25) is 0 Å². The second-order valence-corrected chi connectivity index (χ2v) is 19.8. The van der Waals surface area contributed by atoms with E-state index < -0.39 is 0 Å². The van der Waals surface area contributed by atoms with Crippen LogP contribution in [0.1, 0.15) is 311 Å². The zero-order valence-electron chi connectivity index (χ0n) is 43.9. The molecule has 63 heavy (non-hydrogen) atoms. The fraction of sp³-hybridized carbons (Fsp3) is 0.931. The number of carbonyl (C=O) groups is 2. The lowest BCUT2D eigenvalue weighted by Crippen LogP contribution is -2.59. The average molecular weight is 890 g/mol. The van der Waals surface area contributed by atoms with E-state index >= 15 is 0 Å². The SMILES string of the molecule is CCCCCCCC/C=C\CCCCCCCCOC(=O)C(CCC(=O)OC(CCCCCCCCCCCCCC)CCCCCCCCCCCCCC)[N+](CC)(CC)CC. The van der Waals surface area contributed by atoms with Crippen molar-refractivity contribution in [2.24, 2.45) is 0 Å². The molecule has 0 radical (unpaired) electrons. The molecule has 0 rings (SSSR count). The molecule has 0 spiro atoms. The van der Waals surface area contributed by atoms with E-state index in [1.165, 1.54) is 218 Å². The zero-order chi connectivity index (χ0) is 46.2. The fourth-order valence-corrected chi connectivity index (χ4v) is 9.75. The summed E-state index contributed by atoms with van der Waals surface area (Å²) in [6.45, 7) is 16.4. The molecule has 5 nitrogen and oxygen atoms in total. The van der Waals surface area contributed by atoms with Crippen LogP contribution >= 0.6 is 0 Å². The molecule has 5 heteroatoms. The van der Waals surface area contributed by atoms with Crippen molar-refractivity contribution < 1.29 is 23.5 Å². The minimum atomic E-state index is -0.321. The third-order valence-electron chi connectivity index (χ3n) is 14.4. The van der Waals surface area contributed by atoms with E-state index in [2.05, 4.69) is 53.7 Å². The van der Waals surface area contributed by atoms with Gasteiger partial charge >= 0.3 is 11.9 Å². The van der Waals surface area contributed by atoms with Crippen LogP contribution < -0.4 is 0 Å². The maximum absolute atomic E-state index is 13.7. The summed E-state index contributed by atoms with van der Waals surface area (Å²) in [6, 6.07) is -0.321. The number of likely N-dealkylation sites (N-methyl/N-ethyl adjacent to an activating group) is 1. The van der Waals surface area contributed by atoms with Gasteiger partial charge in [-0.2, -0.15) is 0 Å². The summed E-state index contributed by atoms with van der Waals surface area (Å²) < 4.78 is 12.9. The van der Waals surface area contributed by atoms with E-state index in [9.17, 15) is 9.59 Å². The third kappa shape index (κ3) is 38.5. The number of unbranched alkanes of at least 4 members (excludes halogenated alkanes) is 34. The van der Waals surface area contributed by atoms with Crippen LogP contribution in [0.5, 0.6) is 0 Å². The van der Waals surface area contributed by atoms with Gasteiger partial charge in [-0.05, 0) is 78.6 Å². The van der Waals surface area contributed by atoms with Crippen LogP contribution in [-0.2, 0) is 19.1 Å². The molecule has 0 fully saturated rings. The van der Waals surface area contributed by atoms with Gasteiger partial charge in [0.1, 0.15) is 6.10 Å². The Bertz CT molecular complexity index is 940. The van der Waals surface area contributed by atoms with Gasteiger partial charge in [-0.1, -0.05) is 232 Å². The molecule has 374 valence electrons. The zero-order valence-corrected chi connectivity index (χ0v) is 43.9. The molecule has 0 aliphatic heterocycles. The van der Waals surface area contributed by atoms with Crippen LogP contribution in [0.3, 0.4) is 0 Å². The highest BCUT2D eigenvalue weighted by Crippen LogP contribution is 2.23. The van der Waals surface area contributed by atoms with E-state index in [0.29, 0.717) is 23.9 Å². The van der Waals surface area contributed by atoms with Crippen molar-refractivity contribution in [3.8, 4) is 0 Å².